The van der Waals surface area contributed by atoms with Gasteiger partial charge in [-0.2, -0.15) is 0 Å². The van der Waals surface area contributed by atoms with E-state index in [0.29, 0.717) is 18.4 Å². The van der Waals surface area contributed by atoms with Crippen molar-refractivity contribution in [1.29, 1.82) is 0 Å². The molecule has 0 aliphatic heterocycles. The highest BCUT2D eigenvalue weighted by atomic mass is 16.3. The molecule has 1 heterocycles. The Bertz CT molecular complexity index is 755. The fourth-order valence-corrected chi connectivity index (χ4v) is 2.88. The van der Waals surface area contributed by atoms with Crippen molar-refractivity contribution in [3.63, 3.8) is 0 Å². The first-order chi connectivity index (χ1) is 10.6. The molecule has 2 aromatic rings. The Labute approximate surface area is 126 Å². The van der Waals surface area contributed by atoms with Crippen LogP contribution in [0.2, 0.25) is 0 Å². The van der Waals surface area contributed by atoms with Crippen molar-refractivity contribution in [3.05, 3.63) is 46.2 Å². The first kappa shape index (κ1) is 14.7. The Hall–Kier alpha value is -2.18. The molecule has 0 spiro atoms. The number of carbonyl (C=O) groups is 1. The number of aromatic amines is 1. The summed E-state index contributed by atoms with van der Waals surface area (Å²) in [6, 6.07) is 8.19. The number of pyridine rings is 1. The number of aliphatic hydroxyl groups is 2. The molecule has 1 aromatic carbocycles. The molecule has 3 atom stereocenters. The van der Waals surface area contributed by atoms with E-state index in [0.717, 1.165) is 11.8 Å². The van der Waals surface area contributed by atoms with Gasteiger partial charge in [0.1, 0.15) is 5.56 Å². The summed E-state index contributed by atoms with van der Waals surface area (Å²) in [5, 5.41) is 23.0. The van der Waals surface area contributed by atoms with Crippen LogP contribution < -0.4 is 10.9 Å². The summed E-state index contributed by atoms with van der Waals surface area (Å²) in [7, 11) is 0. The van der Waals surface area contributed by atoms with Crippen LogP contribution in [0.25, 0.3) is 10.9 Å². The van der Waals surface area contributed by atoms with Gasteiger partial charge in [0.05, 0.1) is 18.2 Å². The normalized spacial score (nSPS) is 25.1. The van der Waals surface area contributed by atoms with Crippen LogP contribution in [-0.4, -0.2) is 39.4 Å². The van der Waals surface area contributed by atoms with Crippen LogP contribution in [0.4, 0.5) is 0 Å². The molecule has 0 unspecified atom stereocenters. The van der Waals surface area contributed by atoms with E-state index >= 15 is 0 Å². The summed E-state index contributed by atoms with van der Waals surface area (Å²) in [5.74, 6) is -0.537. The van der Waals surface area contributed by atoms with Crippen molar-refractivity contribution < 1.29 is 15.0 Å². The molecule has 1 fully saturated rings. The molecule has 1 aliphatic carbocycles. The lowest BCUT2D eigenvalue weighted by Crippen LogP contribution is -2.51. The van der Waals surface area contributed by atoms with Crippen LogP contribution >= 0.6 is 0 Å². The lowest BCUT2D eigenvalue weighted by atomic mass is 9.90. The Balaban J connectivity index is 1.86. The molecular weight excluding hydrogens is 284 g/mol. The van der Waals surface area contributed by atoms with E-state index in [9.17, 15) is 19.8 Å². The number of H-pyrrole nitrogens is 1. The molecule has 0 saturated heterocycles. The van der Waals surface area contributed by atoms with Gasteiger partial charge in [-0.3, -0.25) is 9.59 Å². The van der Waals surface area contributed by atoms with Gasteiger partial charge < -0.3 is 20.5 Å². The van der Waals surface area contributed by atoms with Crippen LogP contribution in [0, 0.1) is 0 Å². The first-order valence-corrected chi connectivity index (χ1v) is 7.35. The average Bonchev–Trinajstić information content (AvgIpc) is 2.51. The number of benzene rings is 1. The van der Waals surface area contributed by atoms with Crippen molar-refractivity contribution in [3.8, 4) is 0 Å². The minimum Gasteiger partial charge on any atom is -0.390 e. The number of nitrogens with one attached hydrogen (secondary N) is 2. The van der Waals surface area contributed by atoms with E-state index < -0.39 is 29.7 Å². The summed E-state index contributed by atoms with van der Waals surface area (Å²) in [4.78, 5) is 27.0. The van der Waals surface area contributed by atoms with E-state index in [1.165, 1.54) is 6.07 Å². The SMILES string of the molecule is O=C(N[C@@H]1CCC[C@@H](O)[C@@H]1O)c1cc2ccccc2[nH]c1=O. The zero-order chi connectivity index (χ0) is 15.7. The number of amides is 1. The minimum atomic E-state index is -1.00. The van der Waals surface area contributed by atoms with Crippen LogP contribution in [0.3, 0.4) is 0 Å². The van der Waals surface area contributed by atoms with Crippen LogP contribution in [-0.2, 0) is 0 Å². The van der Waals surface area contributed by atoms with Gasteiger partial charge in [0.15, 0.2) is 0 Å². The second kappa shape index (κ2) is 5.90. The monoisotopic (exact) mass is 302 g/mol. The molecule has 6 nitrogen and oxygen atoms in total. The van der Waals surface area contributed by atoms with Crippen LogP contribution in [0.5, 0.6) is 0 Å². The highest BCUT2D eigenvalue weighted by Crippen LogP contribution is 2.19. The van der Waals surface area contributed by atoms with Crippen molar-refractivity contribution in [1.82, 2.24) is 10.3 Å². The van der Waals surface area contributed by atoms with Crippen molar-refractivity contribution in [2.45, 2.75) is 37.5 Å². The van der Waals surface area contributed by atoms with Gasteiger partial charge >= 0.3 is 0 Å². The van der Waals surface area contributed by atoms with Gasteiger partial charge in [-0.1, -0.05) is 18.2 Å². The molecule has 0 bridgehead atoms. The standard InChI is InChI=1S/C16H18N2O4/c19-13-7-3-6-12(14(13)20)18-16(22)10-8-9-4-1-2-5-11(9)17-15(10)21/h1-2,4-5,8,12-14,19-20H,3,6-7H2,(H,17,21)(H,18,22)/t12-,13-,14-/m1/s1. The summed E-state index contributed by atoms with van der Waals surface area (Å²) in [6.07, 6.45) is -0.0252. The maximum Gasteiger partial charge on any atom is 0.261 e. The predicted octanol–water partition coefficient (Wildman–Crippen LogP) is 0.532. The van der Waals surface area contributed by atoms with Gasteiger partial charge in [0.2, 0.25) is 0 Å². The summed E-state index contributed by atoms with van der Waals surface area (Å²) >= 11 is 0. The highest BCUT2D eigenvalue weighted by Gasteiger charge is 2.32. The van der Waals surface area contributed by atoms with E-state index in [4.69, 9.17) is 0 Å². The van der Waals surface area contributed by atoms with Crippen LogP contribution in [0.15, 0.2) is 35.1 Å². The lowest BCUT2D eigenvalue weighted by molar-refractivity contribution is -0.0278. The molecule has 116 valence electrons. The zero-order valence-corrected chi connectivity index (χ0v) is 12.0. The summed E-state index contributed by atoms with van der Waals surface area (Å²) in [6.45, 7) is 0. The molecule has 1 aliphatic rings. The van der Waals surface area contributed by atoms with Gasteiger partial charge in [-0.05, 0) is 36.8 Å². The van der Waals surface area contributed by atoms with Gasteiger partial charge in [0, 0.05) is 5.52 Å². The maximum absolute atomic E-state index is 12.3. The average molecular weight is 302 g/mol. The molecule has 3 rings (SSSR count). The number of para-hydroxylation sites is 1. The van der Waals surface area contributed by atoms with E-state index in [2.05, 4.69) is 10.3 Å². The van der Waals surface area contributed by atoms with Gasteiger partial charge in [-0.25, -0.2) is 0 Å². The zero-order valence-electron chi connectivity index (χ0n) is 12.0. The third-order valence-corrected chi connectivity index (χ3v) is 4.14. The largest absolute Gasteiger partial charge is 0.390 e. The smallest absolute Gasteiger partial charge is 0.261 e. The summed E-state index contributed by atoms with van der Waals surface area (Å²) in [5.41, 5.74) is 0.199. The van der Waals surface area contributed by atoms with Gasteiger partial charge in [-0.15, -0.1) is 0 Å². The minimum absolute atomic E-state index is 0.00552. The number of aliphatic hydroxyl groups excluding tert-OH is 2. The fraction of sp³-hybridized carbons (Fsp3) is 0.375. The number of hydrogen-bond donors (Lipinski definition) is 4. The topological polar surface area (TPSA) is 102 Å². The van der Waals surface area contributed by atoms with E-state index in [1.807, 2.05) is 6.07 Å². The fourth-order valence-electron chi connectivity index (χ4n) is 2.88. The number of aromatic nitrogens is 1. The molecule has 1 saturated carbocycles. The number of hydrogen-bond acceptors (Lipinski definition) is 4. The van der Waals surface area contributed by atoms with Gasteiger partial charge in [0.25, 0.3) is 11.5 Å². The van der Waals surface area contributed by atoms with Crippen LogP contribution in [0.1, 0.15) is 29.6 Å². The Kier molecular flexibility index (Phi) is 3.96. The highest BCUT2D eigenvalue weighted by molar-refractivity contribution is 5.97. The third-order valence-electron chi connectivity index (χ3n) is 4.14. The van der Waals surface area contributed by atoms with Crippen molar-refractivity contribution >= 4 is 16.8 Å². The van der Waals surface area contributed by atoms with Crippen molar-refractivity contribution in [2.75, 3.05) is 0 Å². The van der Waals surface area contributed by atoms with Crippen molar-refractivity contribution in [2.24, 2.45) is 0 Å². The maximum atomic E-state index is 12.3. The Morgan fingerprint density at radius 3 is 2.82 bits per heavy atom. The molecule has 1 amide bonds. The molecule has 22 heavy (non-hydrogen) atoms. The predicted molar refractivity (Wildman–Crippen MR) is 81.7 cm³/mol. The van der Waals surface area contributed by atoms with E-state index in [-0.39, 0.29) is 5.56 Å². The Morgan fingerprint density at radius 2 is 2.00 bits per heavy atom. The number of rotatable bonds is 2. The number of fused-ring (bicyclic) bond motifs is 1. The summed E-state index contributed by atoms with van der Waals surface area (Å²) < 4.78 is 0. The first-order valence-electron chi connectivity index (χ1n) is 7.35. The molecule has 6 heteroatoms. The van der Waals surface area contributed by atoms with E-state index in [1.54, 1.807) is 18.2 Å². The number of carbonyl (C=O) groups excluding carboxylic acids is 1. The Morgan fingerprint density at radius 1 is 1.23 bits per heavy atom. The second-order valence-corrected chi connectivity index (χ2v) is 5.67. The second-order valence-electron chi connectivity index (χ2n) is 5.67. The lowest BCUT2D eigenvalue weighted by Gasteiger charge is -2.32. The molecular formula is C16H18N2O4. The molecule has 0 radical (unpaired) electrons. The third kappa shape index (κ3) is 2.75. The molecule has 4 N–H and O–H groups in total. The molecule has 1 aromatic heterocycles. The quantitative estimate of drug-likeness (QED) is 0.650.